The molecule has 2 N–H and O–H groups in total. The Labute approximate surface area is 118 Å². The van der Waals surface area contributed by atoms with E-state index in [2.05, 4.69) is 10.3 Å². The van der Waals surface area contributed by atoms with Gasteiger partial charge in [0.15, 0.2) is 0 Å². The summed E-state index contributed by atoms with van der Waals surface area (Å²) in [4.78, 5) is 26.8. The zero-order chi connectivity index (χ0) is 15.3. The van der Waals surface area contributed by atoms with E-state index in [9.17, 15) is 9.59 Å². The van der Waals surface area contributed by atoms with Crippen LogP contribution < -0.4 is 5.32 Å². The molecule has 1 aromatic rings. The molecule has 1 rings (SSSR count). The van der Waals surface area contributed by atoms with Gasteiger partial charge in [0.05, 0.1) is 17.4 Å². The van der Waals surface area contributed by atoms with Gasteiger partial charge in [-0.05, 0) is 25.0 Å². The molecule has 20 heavy (non-hydrogen) atoms. The van der Waals surface area contributed by atoms with E-state index in [1.54, 1.807) is 14.0 Å². The number of carboxylic acids is 1. The number of aromatic carboxylic acids is 1. The lowest BCUT2D eigenvalue weighted by Gasteiger charge is -2.19. The SMILES string of the molecule is COC(CNC(=O)c1ccc(C(=O)O)c(C)n1)C(C)C. The highest BCUT2D eigenvalue weighted by atomic mass is 16.5. The molecule has 0 aromatic carbocycles. The van der Waals surface area contributed by atoms with Crippen molar-refractivity contribution in [2.45, 2.75) is 26.9 Å². The first-order chi connectivity index (χ1) is 9.36. The fourth-order valence-electron chi connectivity index (χ4n) is 1.79. The van der Waals surface area contributed by atoms with Gasteiger partial charge in [-0.1, -0.05) is 13.8 Å². The molecule has 0 aliphatic heterocycles. The normalized spacial score (nSPS) is 12.2. The summed E-state index contributed by atoms with van der Waals surface area (Å²) in [7, 11) is 1.60. The highest BCUT2D eigenvalue weighted by Crippen LogP contribution is 2.08. The van der Waals surface area contributed by atoms with E-state index < -0.39 is 5.97 Å². The Hall–Kier alpha value is -1.95. The minimum absolute atomic E-state index is 0.0710. The second-order valence-corrected chi connectivity index (χ2v) is 4.86. The zero-order valence-corrected chi connectivity index (χ0v) is 12.1. The van der Waals surface area contributed by atoms with Crippen molar-refractivity contribution in [3.8, 4) is 0 Å². The molecule has 0 saturated carbocycles. The van der Waals surface area contributed by atoms with Crippen molar-refractivity contribution in [2.24, 2.45) is 5.92 Å². The largest absolute Gasteiger partial charge is 0.478 e. The summed E-state index contributed by atoms with van der Waals surface area (Å²) in [5.74, 6) is -1.11. The number of carbonyl (C=O) groups excluding carboxylic acids is 1. The van der Waals surface area contributed by atoms with Gasteiger partial charge in [-0.15, -0.1) is 0 Å². The third-order valence-corrected chi connectivity index (χ3v) is 3.06. The lowest BCUT2D eigenvalue weighted by atomic mass is 10.1. The predicted molar refractivity (Wildman–Crippen MR) is 73.9 cm³/mol. The molecule has 1 unspecified atom stereocenters. The summed E-state index contributed by atoms with van der Waals surface area (Å²) < 4.78 is 5.26. The number of nitrogens with one attached hydrogen (secondary N) is 1. The summed E-state index contributed by atoms with van der Waals surface area (Å²) in [6.45, 7) is 5.95. The molecule has 1 atom stereocenters. The monoisotopic (exact) mass is 280 g/mol. The van der Waals surface area contributed by atoms with Gasteiger partial charge in [0.25, 0.3) is 5.91 Å². The minimum atomic E-state index is -1.05. The van der Waals surface area contributed by atoms with E-state index in [0.717, 1.165) is 0 Å². The highest BCUT2D eigenvalue weighted by molar-refractivity contribution is 5.94. The molecule has 0 saturated heterocycles. The van der Waals surface area contributed by atoms with Crippen LogP contribution in [0.3, 0.4) is 0 Å². The number of rotatable bonds is 6. The molecule has 0 aliphatic carbocycles. The number of amides is 1. The molecule has 0 aliphatic rings. The van der Waals surface area contributed by atoms with Gasteiger partial charge >= 0.3 is 5.97 Å². The molecule has 1 amide bonds. The van der Waals surface area contributed by atoms with Crippen LogP contribution in [0.25, 0.3) is 0 Å². The molecule has 1 aromatic heterocycles. The second kappa shape index (κ2) is 7.00. The molecule has 1 heterocycles. The van der Waals surface area contributed by atoms with Crippen LogP contribution in [0.2, 0.25) is 0 Å². The topological polar surface area (TPSA) is 88.5 Å². The van der Waals surface area contributed by atoms with E-state index in [1.807, 2.05) is 13.8 Å². The Kier molecular flexibility index (Phi) is 5.64. The number of aryl methyl sites for hydroxylation is 1. The molecular formula is C14H20N2O4. The number of pyridine rings is 1. The third kappa shape index (κ3) is 4.03. The molecule has 0 bridgehead atoms. The predicted octanol–water partition coefficient (Wildman–Crippen LogP) is 1.49. The Morgan fingerprint density at radius 3 is 2.50 bits per heavy atom. The second-order valence-electron chi connectivity index (χ2n) is 4.86. The van der Waals surface area contributed by atoms with E-state index in [-0.39, 0.29) is 29.2 Å². The average molecular weight is 280 g/mol. The van der Waals surface area contributed by atoms with E-state index in [0.29, 0.717) is 12.2 Å². The Balaban J connectivity index is 2.73. The molecule has 6 heteroatoms. The van der Waals surface area contributed by atoms with Gasteiger partial charge in [0.2, 0.25) is 0 Å². The van der Waals surface area contributed by atoms with Crippen LogP contribution >= 0.6 is 0 Å². The van der Waals surface area contributed by atoms with Crippen LogP contribution in [0.15, 0.2) is 12.1 Å². The van der Waals surface area contributed by atoms with Crippen LogP contribution in [0.1, 0.15) is 40.4 Å². The summed E-state index contributed by atoms with van der Waals surface area (Å²) >= 11 is 0. The van der Waals surface area contributed by atoms with Crippen molar-refractivity contribution in [3.63, 3.8) is 0 Å². The van der Waals surface area contributed by atoms with Gasteiger partial charge in [0.1, 0.15) is 5.69 Å². The maximum absolute atomic E-state index is 11.9. The van der Waals surface area contributed by atoms with E-state index in [4.69, 9.17) is 9.84 Å². The molecule has 0 radical (unpaired) electrons. The summed E-state index contributed by atoms with van der Waals surface area (Å²) in [6, 6.07) is 2.79. The van der Waals surface area contributed by atoms with Gasteiger partial charge < -0.3 is 15.2 Å². The summed E-state index contributed by atoms with van der Waals surface area (Å²) in [6.07, 6.45) is -0.0710. The minimum Gasteiger partial charge on any atom is -0.478 e. The van der Waals surface area contributed by atoms with E-state index >= 15 is 0 Å². The van der Waals surface area contributed by atoms with Gasteiger partial charge in [-0.3, -0.25) is 4.79 Å². The molecular weight excluding hydrogens is 260 g/mol. The van der Waals surface area contributed by atoms with Crippen LogP contribution in [0.4, 0.5) is 0 Å². The number of aromatic nitrogens is 1. The number of hydrogen-bond donors (Lipinski definition) is 2. The van der Waals surface area contributed by atoms with Crippen molar-refractivity contribution >= 4 is 11.9 Å². The van der Waals surface area contributed by atoms with Crippen molar-refractivity contribution in [1.29, 1.82) is 0 Å². The lowest BCUT2D eigenvalue weighted by molar-refractivity contribution is 0.0603. The fraction of sp³-hybridized carbons (Fsp3) is 0.500. The number of nitrogens with zero attached hydrogens (tertiary/aromatic N) is 1. The standard InChI is InChI=1S/C14H20N2O4/c1-8(2)12(20-4)7-15-13(17)11-6-5-10(14(18)19)9(3)16-11/h5-6,8,12H,7H2,1-4H3,(H,15,17)(H,18,19). The third-order valence-electron chi connectivity index (χ3n) is 3.06. The van der Waals surface area contributed by atoms with Crippen molar-refractivity contribution in [3.05, 3.63) is 29.1 Å². The van der Waals surface area contributed by atoms with Gasteiger partial charge in [-0.25, -0.2) is 9.78 Å². The number of hydrogen-bond acceptors (Lipinski definition) is 4. The summed E-state index contributed by atoms with van der Waals surface area (Å²) in [5, 5.41) is 11.6. The highest BCUT2D eigenvalue weighted by Gasteiger charge is 2.16. The van der Waals surface area contributed by atoms with Crippen molar-refractivity contribution in [2.75, 3.05) is 13.7 Å². The first-order valence-corrected chi connectivity index (χ1v) is 6.38. The first-order valence-electron chi connectivity index (χ1n) is 6.38. The van der Waals surface area contributed by atoms with Crippen molar-refractivity contribution < 1.29 is 19.4 Å². The number of methoxy groups -OCH3 is 1. The number of carboxylic acid groups (broad SMARTS) is 1. The van der Waals surface area contributed by atoms with Gasteiger partial charge in [0, 0.05) is 13.7 Å². The molecule has 0 spiro atoms. The smallest absolute Gasteiger partial charge is 0.337 e. The van der Waals surface area contributed by atoms with E-state index in [1.165, 1.54) is 12.1 Å². The van der Waals surface area contributed by atoms with Crippen LogP contribution in [0, 0.1) is 12.8 Å². The van der Waals surface area contributed by atoms with Gasteiger partial charge in [-0.2, -0.15) is 0 Å². The molecule has 110 valence electrons. The molecule has 6 nitrogen and oxygen atoms in total. The van der Waals surface area contributed by atoms with Crippen LogP contribution in [-0.4, -0.2) is 41.7 Å². The molecule has 0 fully saturated rings. The van der Waals surface area contributed by atoms with Crippen LogP contribution in [0.5, 0.6) is 0 Å². The Morgan fingerprint density at radius 1 is 1.40 bits per heavy atom. The number of carbonyl (C=O) groups is 2. The zero-order valence-electron chi connectivity index (χ0n) is 12.1. The fourth-order valence-corrected chi connectivity index (χ4v) is 1.79. The quantitative estimate of drug-likeness (QED) is 0.824. The maximum atomic E-state index is 11.9. The Morgan fingerprint density at radius 2 is 2.05 bits per heavy atom. The maximum Gasteiger partial charge on any atom is 0.337 e. The van der Waals surface area contributed by atoms with Crippen molar-refractivity contribution in [1.82, 2.24) is 10.3 Å². The first kappa shape index (κ1) is 16.1. The lowest BCUT2D eigenvalue weighted by Crippen LogP contribution is -2.36. The average Bonchev–Trinajstić information content (AvgIpc) is 2.38. The summed E-state index contributed by atoms with van der Waals surface area (Å²) in [5.41, 5.74) is 0.613. The van der Waals surface area contributed by atoms with Crippen LogP contribution in [-0.2, 0) is 4.74 Å². The number of ether oxygens (including phenoxy) is 1. The Bertz CT molecular complexity index is 500.